The number of hydrogen-bond acceptors (Lipinski definition) is 4. The average molecular weight is 392 g/mol. The third kappa shape index (κ3) is 5.80. The van der Waals surface area contributed by atoms with E-state index in [-0.39, 0.29) is 0 Å². The second-order valence-electron chi connectivity index (χ2n) is 6.49. The largest absolute Gasteiger partial charge is 0.494 e. The minimum Gasteiger partial charge on any atom is -0.494 e. The Morgan fingerprint density at radius 2 is 1.46 bits per heavy atom. The van der Waals surface area contributed by atoms with E-state index >= 15 is 0 Å². The van der Waals surface area contributed by atoms with Crippen molar-refractivity contribution < 1.29 is 19.1 Å². The molecule has 0 heterocycles. The smallest absolute Gasteiger partial charge is 0.343 e. The summed E-state index contributed by atoms with van der Waals surface area (Å²) in [4.78, 5) is 21.7. The number of carbonyl (C=O) groups is 1. The molecule has 4 nitrogen and oxygen atoms in total. The molecule has 0 amide bonds. The summed E-state index contributed by atoms with van der Waals surface area (Å²) < 4.78 is 11.1. The fraction of sp³-hybridized carbons (Fsp3) is 0.174. The molecular formula is C23H23O4Si. The van der Waals surface area contributed by atoms with E-state index in [1.807, 2.05) is 49.0 Å². The lowest BCUT2D eigenvalue weighted by Crippen LogP contribution is -2.09. The third-order valence-electron chi connectivity index (χ3n) is 4.21. The summed E-state index contributed by atoms with van der Waals surface area (Å²) in [5.74, 6) is 0.801. The zero-order valence-corrected chi connectivity index (χ0v) is 16.8. The van der Waals surface area contributed by atoms with E-state index in [1.165, 1.54) is 0 Å². The lowest BCUT2D eigenvalue weighted by Gasteiger charge is -2.08. The molecule has 0 aliphatic rings. The zero-order chi connectivity index (χ0) is 19.8. The summed E-state index contributed by atoms with van der Waals surface area (Å²) in [6.07, 6.45) is 0.823. The number of benzene rings is 3. The van der Waals surface area contributed by atoms with Crippen molar-refractivity contribution in [3.05, 3.63) is 84.4 Å². The molecule has 0 spiro atoms. The van der Waals surface area contributed by atoms with Gasteiger partial charge in [-0.2, -0.15) is 0 Å². The topological polar surface area (TPSA) is 55.8 Å². The van der Waals surface area contributed by atoms with Gasteiger partial charge in [0.25, 0.3) is 0 Å². The van der Waals surface area contributed by atoms with Crippen molar-refractivity contribution in [3.8, 4) is 22.6 Å². The van der Waals surface area contributed by atoms with E-state index in [0.717, 1.165) is 23.6 Å². The lowest BCUT2D eigenvalue weighted by molar-refractivity contribution is 0.0734. The number of rotatable bonds is 8. The van der Waals surface area contributed by atoms with Gasteiger partial charge in [-0.25, -0.2) is 4.79 Å². The predicted octanol–water partition coefficient (Wildman–Crippen LogP) is 4.96. The minimum absolute atomic E-state index is 0.405. The highest BCUT2D eigenvalue weighted by molar-refractivity contribution is 6.48. The molecule has 5 heteroatoms. The van der Waals surface area contributed by atoms with Crippen LogP contribution in [0.3, 0.4) is 0 Å². The predicted molar refractivity (Wildman–Crippen MR) is 112 cm³/mol. The Morgan fingerprint density at radius 3 is 2.11 bits per heavy atom. The molecule has 0 aromatic heterocycles. The van der Waals surface area contributed by atoms with Crippen LogP contribution in [0.5, 0.6) is 11.5 Å². The van der Waals surface area contributed by atoms with Crippen LogP contribution in [0.25, 0.3) is 11.1 Å². The first kappa shape index (κ1) is 19.9. The van der Waals surface area contributed by atoms with Gasteiger partial charge < -0.3 is 14.3 Å². The van der Waals surface area contributed by atoms with Crippen molar-refractivity contribution in [2.45, 2.75) is 19.0 Å². The fourth-order valence-electron chi connectivity index (χ4n) is 2.72. The zero-order valence-electron chi connectivity index (χ0n) is 15.8. The Kier molecular flexibility index (Phi) is 7.00. The normalized spacial score (nSPS) is 10.7. The Labute approximate surface area is 167 Å². The summed E-state index contributed by atoms with van der Waals surface area (Å²) >= 11 is 0. The van der Waals surface area contributed by atoms with E-state index < -0.39 is 15.0 Å². The maximum absolute atomic E-state index is 12.3. The van der Waals surface area contributed by atoms with Crippen molar-refractivity contribution in [1.29, 1.82) is 0 Å². The molecule has 0 fully saturated rings. The van der Waals surface area contributed by atoms with Crippen LogP contribution < -0.4 is 9.47 Å². The lowest BCUT2D eigenvalue weighted by atomic mass is 10.1. The number of hydrogen-bond donors (Lipinski definition) is 1. The molecule has 0 unspecified atom stereocenters. The minimum atomic E-state index is -1.20. The van der Waals surface area contributed by atoms with Gasteiger partial charge in [0.1, 0.15) is 11.5 Å². The maximum atomic E-state index is 12.3. The molecule has 1 N–H and O–H groups in total. The first-order chi connectivity index (χ1) is 13.6. The van der Waals surface area contributed by atoms with E-state index in [2.05, 4.69) is 0 Å². The molecule has 3 aromatic rings. The van der Waals surface area contributed by atoms with Gasteiger partial charge in [-0.05, 0) is 66.5 Å². The van der Waals surface area contributed by atoms with E-state index in [4.69, 9.17) is 9.47 Å². The van der Waals surface area contributed by atoms with Crippen LogP contribution in [0.4, 0.5) is 0 Å². The second-order valence-corrected chi connectivity index (χ2v) is 8.46. The Bertz CT molecular complexity index is 875. The maximum Gasteiger partial charge on any atom is 0.343 e. The van der Waals surface area contributed by atoms with E-state index in [9.17, 15) is 9.59 Å². The molecule has 0 saturated carbocycles. The van der Waals surface area contributed by atoms with Gasteiger partial charge in [-0.3, -0.25) is 0 Å². The van der Waals surface area contributed by atoms with Crippen molar-refractivity contribution in [1.82, 2.24) is 0 Å². The quantitative estimate of drug-likeness (QED) is 0.255. The summed E-state index contributed by atoms with van der Waals surface area (Å²) in [6, 6.07) is 25.2. The van der Waals surface area contributed by atoms with Gasteiger partial charge in [0.2, 0.25) is 9.04 Å². The highest BCUT2D eigenvalue weighted by Gasteiger charge is 2.09. The molecule has 143 valence electrons. The molecule has 3 rings (SSSR count). The highest BCUT2D eigenvalue weighted by Crippen LogP contribution is 2.23. The molecule has 28 heavy (non-hydrogen) atoms. The first-order valence-corrected chi connectivity index (χ1v) is 11.4. The first-order valence-electron chi connectivity index (χ1n) is 9.24. The Morgan fingerprint density at radius 1 is 0.857 bits per heavy atom. The molecule has 1 radical (unpaired) electrons. The van der Waals surface area contributed by atoms with Crippen LogP contribution in [0.15, 0.2) is 78.9 Å². The standard InChI is InChI=1S/C23H23O4Si/c1-28(25)17-5-16-26-21-12-10-20(11-13-21)23(24)27-22-14-8-19(9-15-22)18-6-3-2-4-7-18/h2-4,6-15,25H,5,16-17H2,1H3. The monoisotopic (exact) mass is 391 g/mol. The van der Waals surface area contributed by atoms with Crippen molar-refractivity contribution >= 4 is 15.0 Å². The van der Waals surface area contributed by atoms with Crippen LogP contribution >= 0.6 is 0 Å². The molecule has 0 aliphatic heterocycles. The molecule has 0 atom stereocenters. The molecule has 0 aliphatic carbocycles. The van der Waals surface area contributed by atoms with Gasteiger partial charge in [0.05, 0.1) is 12.2 Å². The average Bonchev–Trinajstić information content (AvgIpc) is 2.73. The van der Waals surface area contributed by atoms with Crippen molar-refractivity contribution in [2.24, 2.45) is 0 Å². The third-order valence-corrected chi connectivity index (χ3v) is 5.29. The Balaban J connectivity index is 1.54. The summed E-state index contributed by atoms with van der Waals surface area (Å²) in [5, 5.41) is 0. The van der Waals surface area contributed by atoms with Crippen LogP contribution in [-0.2, 0) is 0 Å². The molecule has 0 saturated heterocycles. The molecular weight excluding hydrogens is 368 g/mol. The Hall–Kier alpha value is -2.89. The summed E-state index contributed by atoms with van der Waals surface area (Å²) in [7, 11) is -1.20. The van der Waals surface area contributed by atoms with Crippen molar-refractivity contribution in [3.63, 3.8) is 0 Å². The van der Waals surface area contributed by atoms with Gasteiger partial charge in [-0.1, -0.05) is 42.5 Å². The van der Waals surface area contributed by atoms with Crippen LogP contribution in [0.1, 0.15) is 16.8 Å². The van der Waals surface area contributed by atoms with Crippen LogP contribution in [0, 0.1) is 0 Å². The second kappa shape index (κ2) is 9.87. The number of esters is 1. The van der Waals surface area contributed by atoms with E-state index in [0.29, 0.717) is 23.7 Å². The van der Waals surface area contributed by atoms with Crippen LogP contribution in [-0.4, -0.2) is 26.4 Å². The summed E-state index contributed by atoms with van der Waals surface area (Å²) in [6.45, 7) is 2.42. The molecule has 0 bridgehead atoms. The van der Waals surface area contributed by atoms with Crippen LogP contribution in [0.2, 0.25) is 12.6 Å². The van der Waals surface area contributed by atoms with Gasteiger partial charge in [0, 0.05) is 0 Å². The fourth-order valence-corrected chi connectivity index (χ4v) is 3.37. The molecule has 3 aromatic carbocycles. The highest BCUT2D eigenvalue weighted by atomic mass is 28.3. The van der Waals surface area contributed by atoms with Gasteiger partial charge in [-0.15, -0.1) is 0 Å². The van der Waals surface area contributed by atoms with Crippen molar-refractivity contribution in [2.75, 3.05) is 6.61 Å². The number of carbonyl (C=O) groups excluding carboxylic acids is 1. The van der Waals surface area contributed by atoms with Gasteiger partial charge >= 0.3 is 5.97 Å². The summed E-state index contributed by atoms with van der Waals surface area (Å²) in [5.41, 5.74) is 2.65. The SMILES string of the molecule is C[Si](O)CCCOc1ccc(C(=O)Oc2ccc(-c3ccccc3)cc2)cc1. The van der Waals surface area contributed by atoms with Gasteiger partial charge in [0.15, 0.2) is 0 Å². The van der Waals surface area contributed by atoms with E-state index in [1.54, 1.807) is 36.4 Å². The number of ether oxygens (including phenoxy) is 2.